The fraction of sp³-hybridized carbons (Fsp3) is 0.286. The second kappa shape index (κ2) is 5.01. The minimum Gasteiger partial charge on any atom is -0.476 e. The van der Waals surface area contributed by atoms with Gasteiger partial charge in [0, 0.05) is 15.7 Å². The molecular weight excluding hydrogens is 327 g/mol. The highest BCUT2D eigenvalue weighted by Crippen LogP contribution is 2.28. The topological polar surface area (TPSA) is 55.1 Å². The number of aromatic carboxylic acids is 1. The lowest BCUT2D eigenvalue weighted by molar-refractivity contribution is 0.0688. The number of hydrogen-bond donors (Lipinski definition) is 1. The van der Waals surface area contributed by atoms with Gasteiger partial charge in [0.25, 0.3) is 0 Å². The average Bonchev–Trinajstić information content (AvgIpc) is 2.78. The first-order valence-electron chi connectivity index (χ1n) is 6.37. The number of fused-ring (bicyclic) bond motifs is 1. The van der Waals surface area contributed by atoms with Gasteiger partial charge in [-0.25, -0.2) is 13.9 Å². The lowest BCUT2D eigenvalue weighted by Gasteiger charge is -2.14. The first-order chi connectivity index (χ1) is 9.58. The van der Waals surface area contributed by atoms with E-state index in [0.29, 0.717) is 16.6 Å². The Bertz CT molecular complexity index is 697. The van der Waals surface area contributed by atoms with E-state index >= 15 is 0 Å². The predicted molar refractivity (Wildman–Crippen MR) is 74.8 cm³/mol. The summed E-state index contributed by atoms with van der Waals surface area (Å²) in [6.45, 7) is 0. The molecule has 4 nitrogen and oxygen atoms in total. The molecule has 1 aromatic carbocycles. The first kappa shape index (κ1) is 13.3. The lowest BCUT2D eigenvalue weighted by Crippen LogP contribution is -2.09. The Balaban J connectivity index is 2.21. The Morgan fingerprint density at radius 1 is 1.35 bits per heavy atom. The lowest BCUT2D eigenvalue weighted by atomic mass is 9.95. The molecule has 1 N–H and O–H groups in total. The Morgan fingerprint density at radius 3 is 2.80 bits per heavy atom. The minimum absolute atomic E-state index is 0.0435. The maximum Gasteiger partial charge on any atom is 0.356 e. The molecule has 3 rings (SSSR count). The van der Waals surface area contributed by atoms with Gasteiger partial charge in [-0.2, -0.15) is 5.10 Å². The second-order valence-corrected chi connectivity index (χ2v) is 5.71. The van der Waals surface area contributed by atoms with Crippen molar-refractivity contribution in [1.82, 2.24) is 9.78 Å². The van der Waals surface area contributed by atoms with E-state index in [2.05, 4.69) is 21.0 Å². The monoisotopic (exact) mass is 338 g/mol. The Kier molecular flexibility index (Phi) is 3.33. The van der Waals surface area contributed by atoms with Crippen molar-refractivity contribution in [2.45, 2.75) is 25.7 Å². The van der Waals surface area contributed by atoms with Crippen LogP contribution in [0.1, 0.15) is 34.6 Å². The van der Waals surface area contributed by atoms with E-state index in [1.54, 1.807) is 12.1 Å². The zero-order valence-corrected chi connectivity index (χ0v) is 12.2. The van der Waals surface area contributed by atoms with E-state index in [9.17, 15) is 14.3 Å². The maximum atomic E-state index is 14.1. The van der Waals surface area contributed by atoms with Gasteiger partial charge >= 0.3 is 5.97 Å². The molecule has 0 unspecified atom stereocenters. The molecule has 0 aliphatic heterocycles. The van der Waals surface area contributed by atoms with Crippen LogP contribution >= 0.6 is 15.9 Å². The Morgan fingerprint density at radius 2 is 2.10 bits per heavy atom. The van der Waals surface area contributed by atoms with Crippen molar-refractivity contribution in [3.8, 4) is 5.69 Å². The number of rotatable bonds is 2. The first-order valence-corrected chi connectivity index (χ1v) is 7.16. The second-order valence-electron chi connectivity index (χ2n) is 4.79. The van der Waals surface area contributed by atoms with Gasteiger partial charge in [-0.1, -0.05) is 15.9 Å². The minimum atomic E-state index is -1.06. The third-order valence-electron chi connectivity index (χ3n) is 3.52. The summed E-state index contributed by atoms with van der Waals surface area (Å²) < 4.78 is 16.2. The third kappa shape index (κ3) is 2.14. The fourth-order valence-electron chi connectivity index (χ4n) is 2.62. The van der Waals surface area contributed by atoms with Crippen molar-refractivity contribution in [2.75, 3.05) is 0 Å². The summed E-state index contributed by atoms with van der Waals surface area (Å²) in [5.41, 5.74) is 1.89. The highest BCUT2D eigenvalue weighted by Gasteiger charge is 2.26. The van der Waals surface area contributed by atoms with Crippen LogP contribution in [0.3, 0.4) is 0 Å². The number of hydrogen-bond acceptors (Lipinski definition) is 2. The van der Waals surface area contributed by atoms with Gasteiger partial charge in [-0.3, -0.25) is 0 Å². The smallest absolute Gasteiger partial charge is 0.356 e. The van der Waals surface area contributed by atoms with Gasteiger partial charge in [0.15, 0.2) is 5.69 Å². The molecule has 0 radical (unpaired) electrons. The molecule has 0 fully saturated rings. The average molecular weight is 339 g/mol. The molecule has 0 atom stereocenters. The van der Waals surface area contributed by atoms with Crippen molar-refractivity contribution in [3.63, 3.8) is 0 Å². The van der Waals surface area contributed by atoms with Crippen LogP contribution in [0.25, 0.3) is 5.69 Å². The number of halogens is 2. The van der Waals surface area contributed by atoms with Crippen molar-refractivity contribution in [3.05, 3.63) is 45.4 Å². The summed E-state index contributed by atoms with van der Waals surface area (Å²) in [5.74, 6) is -1.48. The molecule has 6 heteroatoms. The molecule has 0 amide bonds. The number of carboxylic acid groups (broad SMARTS) is 1. The van der Waals surface area contributed by atoms with Crippen LogP contribution < -0.4 is 0 Å². The molecule has 0 saturated heterocycles. The van der Waals surface area contributed by atoms with Crippen LogP contribution in [0.4, 0.5) is 4.39 Å². The third-order valence-corrected chi connectivity index (χ3v) is 4.01. The summed E-state index contributed by atoms with van der Waals surface area (Å²) in [6.07, 6.45) is 3.33. The van der Waals surface area contributed by atoms with Crippen LogP contribution in [-0.2, 0) is 12.8 Å². The van der Waals surface area contributed by atoms with E-state index in [-0.39, 0.29) is 5.69 Å². The maximum absolute atomic E-state index is 14.1. The summed E-state index contributed by atoms with van der Waals surface area (Å²) in [6, 6.07) is 4.68. The molecule has 1 heterocycles. The SMILES string of the molecule is O=C(O)c1nn(-c2ccc(Br)cc2F)c2c1CCCC2. The molecule has 104 valence electrons. The zero-order chi connectivity index (χ0) is 14.3. The van der Waals surface area contributed by atoms with E-state index in [1.165, 1.54) is 10.7 Å². The largest absolute Gasteiger partial charge is 0.476 e. The predicted octanol–water partition coefficient (Wildman–Crippen LogP) is 3.35. The van der Waals surface area contributed by atoms with E-state index in [4.69, 9.17) is 0 Å². The summed E-state index contributed by atoms with van der Waals surface area (Å²) in [5, 5.41) is 13.4. The van der Waals surface area contributed by atoms with Crippen LogP contribution in [0.5, 0.6) is 0 Å². The summed E-state index contributed by atoms with van der Waals surface area (Å²) >= 11 is 3.21. The highest BCUT2D eigenvalue weighted by atomic mass is 79.9. The van der Waals surface area contributed by atoms with Crippen molar-refractivity contribution < 1.29 is 14.3 Å². The molecular formula is C14H12BrFN2O2. The Labute approximate surface area is 123 Å². The van der Waals surface area contributed by atoms with E-state index in [1.807, 2.05) is 0 Å². The zero-order valence-electron chi connectivity index (χ0n) is 10.6. The van der Waals surface area contributed by atoms with E-state index < -0.39 is 11.8 Å². The van der Waals surface area contributed by atoms with Crippen LogP contribution in [0, 0.1) is 5.82 Å². The standard InChI is InChI=1S/C14H12BrFN2O2/c15-8-5-6-12(10(16)7-8)18-11-4-2-1-3-9(11)13(17-18)14(19)20/h5-7H,1-4H2,(H,19,20). The quantitative estimate of drug-likeness (QED) is 0.913. The Hall–Kier alpha value is -1.69. The van der Waals surface area contributed by atoms with Gasteiger partial charge < -0.3 is 5.11 Å². The number of carbonyl (C=O) groups is 1. The van der Waals surface area contributed by atoms with Crippen LogP contribution in [0.15, 0.2) is 22.7 Å². The van der Waals surface area contributed by atoms with Crippen molar-refractivity contribution in [1.29, 1.82) is 0 Å². The van der Waals surface area contributed by atoms with Crippen LogP contribution in [0.2, 0.25) is 0 Å². The van der Waals surface area contributed by atoms with Crippen molar-refractivity contribution >= 4 is 21.9 Å². The van der Waals surface area contributed by atoms with Gasteiger partial charge in [0.2, 0.25) is 0 Å². The number of carboxylic acids is 1. The summed E-state index contributed by atoms with van der Waals surface area (Å²) in [4.78, 5) is 11.3. The normalized spacial score (nSPS) is 14.1. The molecule has 0 saturated carbocycles. The number of benzene rings is 1. The van der Waals surface area contributed by atoms with Crippen molar-refractivity contribution in [2.24, 2.45) is 0 Å². The molecule has 0 bridgehead atoms. The number of nitrogens with zero attached hydrogens (tertiary/aromatic N) is 2. The van der Waals surface area contributed by atoms with Gasteiger partial charge in [-0.05, 0) is 43.9 Å². The fourth-order valence-corrected chi connectivity index (χ4v) is 2.96. The number of aromatic nitrogens is 2. The molecule has 1 aliphatic carbocycles. The summed E-state index contributed by atoms with van der Waals surface area (Å²) in [7, 11) is 0. The van der Waals surface area contributed by atoms with Gasteiger partial charge in [-0.15, -0.1) is 0 Å². The van der Waals surface area contributed by atoms with E-state index in [0.717, 1.165) is 30.5 Å². The molecule has 20 heavy (non-hydrogen) atoms. The van der Waals surface area contributed by atoms with Crippen LogP contribution in [-0.4, -0.2) is 20.9 Å². The molecule has 2 aromatic rings. The molecule has 1 aliphatic rings. The van der Waals surface area contributed by atoms with Gasteiger partial charge in [0.05, 0.1) is 0 Å². The highest BCUT2D eigenvalue weighted by molar-refractivity contribution is 9.10. The van der Waals surface area contributed by atoms with Gasteiger partial charge in [0.1, 0.15) is 11.5 Å². The molecule has 0 spiro atoms. The molecule has 1 aromatic heterocycles.